The number of carbonyl (C=O) groups is 2. The van der Waals surface area contributed by atoms with Crippen LogP contribution in [0.2, 0.25) is 0 Å². The maximum Gasteiger partial charge on any atom is 2.00 e. The molecule has 27 heavy (non-hydrogen) atoms. The van der Waals surface area contributed by atoms with Crippen LogP contribution in [0.4, 0.5) is 11.4 Å². The number of rotatable bonds is 6. The fourth-order valence-electron chi connectivity index (χ4n) is 1.74. The molecular weight excluding hydrogens is 436 g/mol. The van der Waals surface area contributed by atoms with Crippen LogP contribution in [-0.4, -0.2) is 37.5 Å². The molecule has 0 bridgehead atoms. The summed E-state index contributed by atoms with van der Waals surface area (Å²) in [6.45, 7) is 0. The summed E-state index contributed by atoms with van der Waals surface area (Å²) in [6, 6.07) is 14.2. The second-order valence-electron chi connectivity index (χ2n) is 4.84. The van der Waals surface area contributed by atoms with E-state index in [-0.39, 0.29) is 40.4 Å². The van der Waals surface area contributed by atoms with Crippen LogP contribution >= 0.6 is 0 Å². The summed E-state index contributed by atoms with van der Waals surface area (Å²) in [5.74, 6) is 1.34. The minimum Gasteiger partial charge on any atom is -0.783 e. The van der Waals surface area contributed by atoms with Crippen molar-refractivity contribution in [2.45, 2.75) is 0 Å². The Balaban J connectivity index is 0.000000483. The number of ether oxygens (including phenoxy) is 2. The van der Waals surface area contributed by atoms with E-state index in [9.17, 15) is 9.59 Å². The number of carbonyl (C=O) groups excluding carboxylic acids is 2. The van der Waals surface area contributed by atoms with Crippen molar-refractivity contribution in [3.05, 3.63) is 48.5 Å². The van der Waals surface area contributed by atoms with E-state index in [1.807, 2.05) is 0 Å². The molecule has 0 saturated carbocycles. The molecule has 2 amide bonds. The minimum atomic E-state index is -0.167. The summed E-state index contributed by atoms with van der Waals surface area (Å²) in [6.07, 6.45) is 0. The first-order chi connectivity index (χ1) is 12.5. The third-order valence-corrected chi connectivity index (χ3v) is 3.53. The van der Waals surface area contributed by atoms with E-state index in [1.165, 1.54) is 0 Å². The van der Waals surface area contributed by atoms with Gasteiger partial charge in [-0.15, -0.1) is 0 Å². The number of amides is 2. The Labute approximate surface area is 180 Å². The van der Waals surface area contributed by atoms with Crippen molar-refractivity contribution in [1.82, 2.24) is 0 Å². The van der Waals surface area contributed by atoms with E-state index >= 15 is 0 Å². The smallest absolute Gasteiger partial charge is 0.783 e. The van der Waals surface area contributed by atoms with Gasteiger partial charge in [0.15, 0.2) is 11.8 Å². The quantitative estimate of drug-likeness (QED) is 0.514. The van der Waals surface area contributed by atoms with Gasteiger partial charge in [-0.1, -0.05) is 11.5 Å². The second kappa shape index (κ2) is 14.3. The van der Waals surface area contributed by atoms with Crippen molar-refractivity contribution in [2.24, 2.45) is 0 Å². The predicted octanol–water partition coefficient (Wildman–Crippen LogP) is 2.36. The Kier molecular flexibility index (Phi) is 13.3. The molecule has 1 radical (unpaired) electrons. The zero-order chi connectivity index (χ0) is 19.4. The van der Waals surface area contributed by atoms with Crippen LogP contribution in [0.1, 0.15) is 0 Å². The molecule has 0 atom stereocenters. The van der Waals surface area contributed by atoms with Crippen molar-refractivity contribution in [3.63, 3.8) is 0 Å². The van der Waals surface area contributed by atoms with Crippen LogP contribution in [0, 0.1) is 0 Å². The van der Waals surface area contributed by atoms with Gasteiger partial charge in [-0.25, -0.2) is 0 Å². The van der Waals surface area contributed by atoms with Gasteiger partial charge in [-0.2, -0.15) is 0 Å². The topological polar surface area (TPSA) is 76.7 Å². The molecule has 9 heteroatoms. The van der Waals surface area contributed by atoms with Gasteiger partial charge in [0, 0.05) is 11.4 Å². The normalized spacial score (nSPS) is 9.04. The Morgan fingerprint density at radius 2 is 1.04 bits per heavy atom. The van der Waals surface area contributed by atoms with Gasteiger partial charge in [-0.05, 0) is 48.5 Å². The summed E-state index contributed by atoms with van der Waals surface area (Å²) >= 11 is 9.17. The van der Waals surface area contributed by atoms with Crippen LogP contribution in [0.25, 0.3) is 0 Å². The molecule has 149 valence electrons. The monoisotopic (exact) mass is 455 g/mol. The number of anilines is 2. The molecule has 0 saturated heterocycles. The maximum atomic E-state index is 10.9. The van der Waals surface area contributed by atoms with Crippen LogP contribution in [0.15, 0.2) is 48.5 Å². The van der Waals surface area contributed by atoms with Gasteiger partial charge in [0.2, 0.25) is 0 Å². The number of methoxy groups -OCH3 is 2. The summed E-state index contributed by atoms with van der Waals surface area (Å²) in [5.41, 5.74) is 1.46. The van der Waals surface area contributed by atoms with Crippen molar-refractivity contribution >= 4 is 48.4 Å². The van der Waals surface area contributed by atoms with Gasteiger partial charge in [0.25, 0.3) is 0 Å². The number of hydrogen-bond donors (Lipinski definition) is 2. The average Bonchev–Trinajstić information content (AvgIpc) is 2.69. The van der Waals surface area contributed by atoms with E-state index in [2.05, 4.69) is 35.9 Å². The molecular formula is C18H20CuN2O4S2. The zero-order valence-corrected chi connectivity index (χ0v) is 17.4. The standard InChI is InChI=1S/2C9H11NO2S.Cu/c2*1-12-8-4-2-7(3-5-8)10-9(11)6-13;/h2*2-5,13H,6H2,1H3,(H,10,11);/q;;+2/p-2. The first-order valence-electron chi connectivity index (χ1n) is 7.56. The minimum absolute atomic E-state index is 0. The van der Waals surface area contributed by atoms with Crippen molar-refractivity contribution in [2.75, 3.05) is 36.4 Å². The largest absolute Gasteiger partial charge is 2.00 e. The maximum absolute atomic E-state index is 10.9. The van der Waals surface area contributed by atoms with Crippen molar-refractivity contribution < 1.29 is 36.1 Å². The molecule has 0 aliphatic rings. The number of hydrogen-bond acceptors (Lipinski definition) is 6. The van der Waals surface area contributed by atoms with Gasteiger partial charge >= 0.3 is 17.1 Å². The van der Waals surface area contributed by atoms with E-state index in [1.54, 1.807) is 62.8 Å². The summed E-state index contributed by atoms with van der Waals surface area (Å²) < 4.78 is 9.93. The first-order valence-corrected chi connectivity index (χ1v) is 8.71. The molecule has 2 rings (SSSR count). The molecule has 2 aromatic rings. The van der Waals surface area contributed by atoms with Crippen molar-refractivity contribution in [3.8, 4) is 11.5 Å². The fraction of sp³-hybridized carbons (Fsp3) is 0.222. The van der Waals surface area contributed by atoms with E-state index in [0.717, 1.165) is 22.9 Å². The van der Waals surface area contributed by atoms with Gasteiger partial charge in [0.05, 0.1) is 14.2 Å². The molecule has 6 nitrogen and oxygen atoms in total. The van der Waals surface area contributed by atoms with Crippen LogP contribution in [-0.2, 0) is 51.9 Å². The molecule has 0 fully saturated rings. The summed E-state index contributed by atoms with van der Waals surface area (Å²) in [7, 11) is 3.19. The molecule has 0 unspecified atom stereocenters. The Morgan fingerprint density at radius 3 is 1.26 bits per heavy atom. The van der Waals surface area contributed by atoms with Gasteiger partial charge in [0.1, 0.15) is 11.5 Å². The predicted molar refractivity (Wildman–Crippen MR) is 108 cm³/mol. The van der Waals surface area contributed by atoms with E-state index < -0.39 is 0 Å². The molecule has 0 aromatic heterocycles. The average molecular weight is 456 g/mol. The third kappa shape index (κ3) is 10.2. The van der Waals surface area contributed by atoms with Crippen molar-refractivity contribution in [1.29, 1.82) is 0 Å². The second-order valence-corrected chi connectivity index (χ2v) is 5.42. The van der Waals surface area contributed by atoms with Gasteiger partial charge < -0.3 is 45.4 Å². The summed E-state index contributed by atoms with van der Waals surface area (Å²) in [5, 5.41) is 5.29. The molecule has 0 spiro atoms. The molecule has 0 aliphatic carbocycles. The Morgan fingerprint density at radius 1 is 0.741 bits per heavy atom. The van der Waals surface area contributed by atoms with E-state index in [0.29, 0.717) is 0 Å². The van der Waals surface area contributed by atoms with Crippen LogP contribution in [0.5, 0.6) is 11.5 Å². The van der Waals surface area contributed by atoms with Gasteiger partial charge in [-0.3, -0.25) is 9.59 Å². The van der Waals surface area contributed by atoms with Crippen LogP contribution in [0.3, 0.4) is 0 Å². The number of benzene rings is 2. The molecule has 0 heterocycles. The Bertz CT molecular complexity index is 636. The zero-order valence-electron chi connectivity index (χ0n) is 14.8. The third-order valence-electron chi connectivity index (χ3n) is 3.01. The van der Waals surface area contributed by atoms with E-state index in [4.69, 9.17) is 9.47 Å². The molecule has 2 aromatic carbocycles. The SMILES string of the molecule is COc1ccc(NC(=O)C[S-])cc1.COc1ccc(NC(=O)C[S-])cc1.[Cu+2]. The number of nitrogens with one attached hydrogen (secondary N) is 2. The van der Waals surface area contributed by atoms with Crippen LogP contribution < -0.4 is 20.1 Å². The molecule has 0 aliphatic heterocycles. The fourth-order valence-corrected chi connectivity index (χ4v) is 1.89. The first kappa shape index (κ1) is 25.2. The Hall–Kier alpha value is -1.80. The summed E-state index contributed by atoms with van der Waals surface area (Å²) in [4.78, 5) is 21.8. The molecule has 2 N–H and O–H groups in total.